The Morgan fingerprint density at radius 1 is 1.04 bits per heavy atom. The molecule has 0 aliphatic carbocycles. The summed E-state index contributed by atoms with van der Waals surface area (Å²) in [4.78, 5) is 0.107. The van der Waals surface area contributed by atoms with Gasteiger partial charge < -0.3 is 20.1 Å². The maximum Gasteiger partial charge on any atom is 0.238 e. The zero-order chi connectivity index (χ0) is 18.6. The third kappa shape index (κ3) is 4.84. The van der Waals surface area contributed by atoms with Crippen LogP contribution in [0.2, 0.25) is 0 Å². The zero-order valence-corrected chi connectivity index (χ0v) is 15.5. The summed E-state index contributed by atoms with van der Waals surface area (Å²) in [5.74, 6) is 1.49. The van der Waals surface area contributed by atoms with Crippen molar-refractivity contribution >= 4 is 27.4 Å². The van der Waals surface area contributed by atoms with E-state index in [1.165, 1.54) is 12.1 Å². The van der Waals surface area contributed by atoms with E-state index in [0.29, 0.717) is 24.6 Å². The van der Waals surface area contributed by atoms with Gasteiger partial charge in [-0.25, -0.2) is 13.6 Å². The smallest absolute Gasteiger partial charge is 0.238 e. The van der Waals surface area contributed by atoms with Gasteiger partial charge >= 0.3 is 0 Å². The van der Waals surface area contributed by atoms with Crippen LogP contribution in [-0.2, 0) is 23.0 Å². The third-order valence-corrected chi connectivity index (χ3v) is 5.06. The summed E-state index contributed by atoms with van der Waals surface area (Å²) in [5.41, 5.74) is 2.03. The van der Waals surface area contributed by atoms with Crippen molar-refractivity contribution in [2.75, 3.05) is 13.3 Å². The van der Waals surface area contributed by atoms with Crippen LogP contribution in [0.1, 0.15) is 11.1 Å². The molecule has 1 heterocycles. The van der Waals surface area contributed by atoms with E-state index in [9.17, 15) is 8.42 Å². The van der Waals surface area contributed by atoms with Crippen molar-refractivity contribution in [2.45, 2.75) is 17.9 Å². The predicted octanol–water partition coefficient (Wildman–Crippen LogP) is 1.27. The van der Waals surface area contributed by atoms with Gasteiger partial charge in [-0.1, -0.05) is 18.2 Å². The van der Waals surface area contributed by atoms with E-state index in [1.54, 1.807) is 12.1 Å². The fourth-order valence-corrected chi connectivity index (χ4v) is 3.15. The van der Waals surface area contributed by atoms with Gasteiger partial charge in [-0.15, -0.1) is 0 Å². The Morgan fingerprint density at radius 3 is 2.46 bits per heavy atom. The molecule has 2 aromatic carbocycles. The van der Waals surface area contributed by atoms with Crippen molar-refractivity contribution in [3.8, 4) is 11.5 Å². The number of hydrogen-bond acceptors (Lipinski definition) is 5. The van der Waals surface area contributed by atoms with E-state index in [0.717, 1.165) is 22.6 Å². The van der Waals surface area contributed by atoms with E-state index in [2.05, 4.69) is 10.6 Å². The Balaban J connectivity index is 1.41. The van der Waals surface area contributed by atoms with E-state index in [4.69, 9.17) is 26.8 Å². The van der Waals surface area contributed by atoms with Gasteiger partial charge in [-0.2, -0.15) is 0 Å². The molecule has 0 bridgehead atoms. The van der Waals surface area contributed by atoms with E-state index >= 15 is 0 Å². The zero-order valence-electron chi connectivity index (χ0n) is 13.9. The molecule has 1 aliphatic rings. The molecule has 0 atom stereocenters. The molecule has 0 radical (unpaired) electrons. The lowest BCUT2D eigenvalue weighted by atomic mass is 10.1. The molecule has 1 aliphatic heterocycles. The van der Waals surface area contributed by atoms with Gasteiger partial charge in [0.05, 0.1) is 4.90 Å². The number of rotatable bonds is 6. The number of nitrogens with one attached hydrogen (secondary N) is 2. The Morgan fingerprint density at radius 2 is 1.73 bits per heavy atom. The summed E-state index contributed by atoms with van der Waals surface area (Å²) in [6.07, 6.45) is 0.705. The molecule has 0 saturated carbocycles. The largest absolute Gasteiger partial charge is 0.454 e. The van der Waals surface area contributed by atoms with Crippen molar-refractivity contribution < 1.29 is 17.9 Å². The van der Waals surface area contributed by atoms with Crippen molar-refractivity contribution in [1.29, 1.82) is 0 Å². The number of thiocarbonyl (C=S) groups is 1. The topological polar surface area (TPSA) is 103 Å². The number of primary sulfonamides is 1. The molecule has 7 nitrogen and oxygen atoms in total. The van der Waals surface area contributed by atoms with Gasteiger partial charge in [-0.05, 0) is 54.0 Å². The monoisotopic (exact) mass is 393 g/mol. The van der Waals surface area contributed by atoms with Crippen LogP contribution in [0.3, 0.4) is 0 Å². The molecule has 0 amide bonds. The minimum absolute atomic E-state index is 0.107. The lowest BCUT2D eigenvalue weighted by Crippen LogP contribution is -2.35. The molecule has 9 heteroatoms. The van der Waals surface area contributed by atoms with Crippen LogP contribution in [0.4, 0.5) is 0 Å². The summed E-state index contributed by atoms with van der Waals surface area (Å²) in [6, 6.07) is 12.2. The number of fused-ring (bicyclic) bond motifs is 1. The second kappa shape index (κ2) is 7.90. The van der Waals surface area contributed by atoms with E-state index in [1.807, 2.05) is 18.2 Å². The third-order valence-electron chi connectivity index (χ3n) is 3.84. The van der Waals surface area contributed by atoms with Gasteiger partial charge in [0.1, 0.15) is 0 Å². The van der Waals surface area contributed by atoms with Crippen molar-refractivity contribution in [2.24, 2.45) is 5.14 Å². The fraction of sp³-hybridized carbons (Fsp3) is 0.235. The maximum atomic E-state index is 11.2. The molecule has 4 N–H and O–H groups in total. The fourth-order valence-electron chi connectivity index (χ4n) is 2.46. The van der Waals surface area contributed by atoms with Crippen molar-refractivity contribution in [1.82, 2.24) is 10.6 Å². The average Bonchev–Trinajstić information content (AvgIpc) is 3.07. The predicted molar refractivity (Wildman–Crippen MR) is 102 cm³/mol. The summed E-state index contributed by atoms with van der Waals surface area (Å²) in [5, 5.41) is 11.9. The highest BCUT2D eigenvalue weighted by Crippen LogP contribution is 2.32. The van der Waals surface area contributed by atoms with Crippen molar-refractivity contribution in [3.63, 3.8) is 0 Å². The maximum absolute atomic E-state index is 11.2. The minimum atomic E-state index is -3.65. The molecule has 26 heavy (non-hydrogen) atoms. The first-order valence-electron chi connectivity index (χ1n) is 7.94. The van der Waals surface area contributed by atoms with Crippen LogP contribution in [0.15, 0.2) is 47.4 Å². The molecule has 138 valence electrons. The van der Waals surface area contributed by atoms with E-state index < -0.39 is 10.0 Å². The standard InChI is InChI=1S/C17H19N3O4S2/c18-26(21,22)14-4-1-12(2-5-14)7-8-19-17(25)20-10-13-3-6-15-16(9-13)24-11-23-15/h1-6,9H,7-8,10-11H2,(H2,18,21,22)(H2,19,20,25). The molecule has 0 aromatic heterocycles. The summed E-state index contributed by atoms with van der Waals surface area (Å²) in [7, 11) is -3.65. The van der Waals surface area contributed by atoms with Crippen LogP contribution in [0.5, 0.6) is 11.5 Å². The van der Waals surface area contributed by atoms with Crippen LogP contribution >= 0.6 is 12.2 Å². The number of ether oxygens (including phenoxy) is 2. The molecular weight excluding hydrogens is 374 g/mol. The van der Waals surface area contributed by atoms with E-state index in [-0.39, 0.29) is 11.7 Å². The van der Waals surface area contributed by atoms with Gasteiger partial charge in [0.2, 0.25) is 16.8 Å². The average molecular weight is 393 g/mol. The molecule has 0 fully saturated rings. The lowest BCUT2D eigenvalue weighted by molar-refractivity contribution is 0.174. The summed E-state index contributed by atoms with van der Waals surface area (Å²) < 4.78 is 33.1. The summed E-state index contributed by atoms with van der Waals surface area (Å²) >= 11 is 5.26. The van der Waals surface area contributed by atoms with Gasteiger partial charge in [0, 0.05) is 13.1 Å². The van der Waals surface area contributed by atoms with Gasteiger partial charge in [-0.3, -0.25) is 0 Å². The van der Waals surface area contributed by atoms with Crippen molar-refractivity contribution in [3.05, 3.63) is 53.6 Å². The Kier molecular flexibility index (Phi) is 5.60. The van der Waals surface area contributed by atoms with Crippen LogP contribution in [0.25, 0.3) is 0 Å². The molecule has 3 rings (SSSR count). The number of nitrogens with two attached hydrogens (primary N) is 1. The second-order valence-electron chi connectivity index (χ2n) is 5.74. The Labute approximate surface area is 157 Å². The summed E-state index contributed by atoms with van der Waals surface area (Å²) in [6.45, 7) is 1.46. The lowest BCUT2D eigenvalue weighted by Gasteiger charge is -2.11. The SMILES string of the molecule is NS(=O)(=O)c1ccc(CCNC(=S)NCc2ccc3c(c2)OCO3)cc1. The molecular formula is C17H19N3O4S2. The normalized spacial score (nSPS) is 12.7. The molecule has 0 unspecified atom stereocenters. The Hall–Kier alpha value is -2.36. The first-order chi connectivity index (χ1) is 12.4. The highest BCUT2D eigenvalue weighted by Gasteiger charge is 2.13. The second-order valence-corrected chi connectivity index (χ2v) is 7.71. The molecule has 0 spiro atoms. The van der Waals surface area contributed by atoms with Gasteiger partial charge in [0.25, 0.3) is 0 Å². The highest BCUT2D eigenvalue weighted by atomic mass is 32.2. The molecule has 0 saturated heterocycles. The number of benzene rings is 2. The highest BCUT2D eigenvalue weighted by molar-refractivity contribution is 7.89. The van der Waals surface area contributed by atoms with Crippen LogP contribution < -0.4 is 25.2 Å². The Bertz CT molecular complexity index is 899. The number of sulfonamides is 1. The van der Waals surface area contributed by atoms with Gasteiger partial charge in [0.15, 0.2) is 16.6 Å². The minimum Gasteiger partial charge on any atom is -0.454 e. The van der Waals surface area contributed by atoms with Crippen LogP contribution in [-0.4, -0.2) is 26.9 Å². The van der Waals surface area contributed by atoms with Crippen LogP contribution in [0, 0.1) is 0 Å². The first kappa shape index (κ1) is 18.4. The number of hydrogen-bond donors (Lipinski definition) is 3. The molecule has 2 aromatic rings. The first-order valence-corrected chi connectivity index (χ1v) is 9.89. The quantitative estimate of drug-likeness (QED) is 0.635.